The maximum absolute atomic E-state index is 13.5. The highest BCUT2D eigenvalue weighted by Gasteiger charge is 2.61. The van der Waals surface area contributed by atoms with Crippen LogP contribution in [-0.2, 0) is 9.63 Å². The topological polar surface area (TPSA) is 107 Å². The minimum Gasteiger partial charge on any atom is -0.350 e. The molecule has 4 aliphatic heterocycles. The molecule has 2 aromatic rings. The van der Waals surface area contributed by atoms with Crippen LogP contribution in [0.4, 0.5) is 35.3 Å². The summed E-state index contributed by atoms with van der Waals surface area (Å²) in [5.74, 6) is -2.07. The number of piperazine rings is 1. The van der Waals surface area contributed by atoms with Gasteiger partial charge in [0.2, 0.25) is 11.5 Å². The number of halogens is 3. The van der Waals surface area contributed by atoms with Crippen LogP contribution in [0.15, 0.2) is 36.4 Å². The van der Waals surface area contributed by atoms with E-state index < -0.39 is 28.2 Å². The van der Waals surface area contributed by atoms with E-state index >= 15 is 0 Å². The standard InChI is InChI=1S/C28H30F3N6O4/c1-27(2,3)16-37(41-25(39)28(29,30)31)21-11-12-22(33-23(21)34(4)26(37)40)35-14-19-10-9-18(35)15-36(19)24(38)20-8-6-5-7-17(20)13-32/h5-8,11-12,18-19H,9-10,14-16H2,1-4H3/q+1. The van der Waals surface area contributed by atoms with Gasteiger partial charge in [0.05, 0.1) is 17.2 Å². The molecule has 0 N–H and O–H groups in total. The third-order valence-electron chi connectivity index (χ3n) is 7.67. The van der Waals surface area contributed by atoms with E-state index in [2.05, 4.69) is 11.1 Å². The lowest BCUT2D eigenvalue weighted by molar-refractivity contribution is -0.226. The van der Waals surface area contributed by atoms with Crippen molar-refractivity contribution in [1.82, 2.24) is 14.5 Å². The maximum atomic E-state index is 13.5. The Morgan fingerprint density at radius 1 is 1.10 bits per heavy atom. The quantitative estimate of drug-likeness (QED) is 0.501. The second kappa shape index (κ2) is 9.73. The van der Waals surface area contributed by atoms with Crippen molar-refractivity contribution >= 4 is 35.2 Å². The number of pyridine rings is 1. The molecule has 0 saturated carbocycles. The predicted molar refractivity (Wildman–Crippen MR) is 143 cm³/mol. The molecule has 3 fully saturated rings. The van der Waals surface area contributed by atoms with E-state index in [0.29, 0.717) is 30.0 Å². The SMILES string of the molecule is CN1C(=O)[N+](CC(C)(C)C)(OC(=O)C(F)(F)F)c2ccc(N3CC4CCC3CN4C(=O)c3ccccc3C#N)nc21. The first-order chi connectivity index (χ1) is 19.2. The average molecular weight is 572 g/mol. The first kappa shape index (κ1) is 28.4. The monoisotopic (exact) mass is 571 g/mol. The van der Waals surface area contributed by atoms with Gasteiger partial charge in [-0.2, -0.15) is 18.4 Å². The summed E-state index contributed by atoms with van der Waals surface area (Å²) in [6.45, 7) is 5.82. The summed E-state index contributed by atoms with van der Waals surface area (Å²) in [5.41, 5.74) is 0.00784. The number of hydroxylamine groups is 2. The van der Waals surface area contributed by atoms with E-state index in [4.69, 9.17) is 4.84 Å². The Morgan fingerprint density at radius 2 is 1.78 bits per heavy atom. The van der Waals surface area contributed by atoms with Crippen LogP contribution in [-0.4, -0.2) is 72.7 Å². The second-order valence-corrected chi connectivity index (χ2v) is 11.8. The van der Waals surface area contributed by atoms with Gasteiger partial charge in [-0.1, -0.05) is 32.9 Å². The predicted octanol–water partition coefficient (Wildman–Crippen LogP) is 4.39. The molecule has 3 atom stereocenters. The molecular weight excluding hydrogens is 541 g/mol. The number of hydrogen-bond acceptors (Lipinski definition) is 7. The number of rotatable bonds is 4. The molecule has 1 aromatic carbocycles. The Bertz CT molecular complexity index is 1470. The van der Waals surface area contributed by atoms with Crippen LogP contribution >= 0.6 is 0 Å². The number of anilines is 2. The molecule has 216 valence electrons. The van der Waals surface area contributed by atoms with Crippen molar-refractivity contribution < 1.29 is 32.4 Å². The Labute approximate surface area is 235 Å². The smallest absolute Gasteiger partial charge is 0.350 e. The van der Waals surface area contributed by atoms with E-state index in [9.17, 15) is 32.8 Å². The highest BCUT2D eigenvalue weighted by atomic mass is 19.4. The number of carbonyl (C=O) groups is 3. The van der Waals surface area contributed by atoms with Gasteiger partial charge in [-0.3, -0.25) is 9.63 Å². The largest absolute Gasteiger partial charge is 0.497 e. The van der Waals surface area contributed by atoms with Crippen molar-refractivity contribution in [3.05, 3.63) is 47.5 Å². The summed E-state index contributed by atoms with van der Waals surface area (Å²) < 4.78 is 38.5. The van der Waals surface area contributed by atoms with Crippen LogP contribution in [0, 0.1) is 16.7 Å². The Hall–Kier alpha value is -4.18. The van der Waals surface area contributed by atoms with Crippen LogP contribution < -0.4 is 14.4 Å². The molecule has 0 aliphatic carbocycles. The Balaban J connectivity index is 1.45. The number of carbonyl (C=O) groups excluding carboxylic acids is 3. The van der Waals surface area contributed by atoms with Crippen LogP contribution in [0.1, 0.15) is 49.5 Å². The molecule has 6 rings (SSSR count). The lowest BCUT2D eigenvalue weighted by Gasteiger charge is -2.52. The summed E-state index contributed by atoms with van der Waals surface area (Å²) in [7, 11) is 1.39. The molecule has 5 heterocycles. The number of quaternary nitrogens is 1. The van der Waals surface area contributed by atoms with Gasteiger partial charge >= 0.3 is 18.2 Å². The molecule has 3 amide bonds. The number of aromatic nitrogens is 1. The summed E-state index contributed by atoms with van der Waals surface area (Å²) in [5, 5.41) is 9.44. The molecule has 0 radical (unpaired) electrons. The van der Waals surface area contributed by atoms with Crippen LogP contribution in [0.5, 0.6) is 0 Å². The molecule has 0 spiro atoms. The van der Waals surface area contributed by atoms with Gasteiger partial charge in [-0.05, 0) is 35.7 Å². The van der Waals surface area contributed by atoms with Gasteiger partial charge < -0.3 is 9.80 Å². The van der Waals surface area contributed by atoms with E-state index in [0.717, 1.165) is 17.7 Å². The molecule has 4 aliphatic rings. The van der Waals surface area contributed by atoms with Gasteiger partial charge in [0.15, 0.2) is 0 Å². The number of benzene rings is 1. The fraction of sp³-hybridized carbons (Fsp3) is 0.464. The first-order valence-electron chi connectivity index (χ1n) is 13.2. The number of amides is 3. The van der Waals surface area contributed by atoms with Gasteiger partial charge in [0.1, 0.15) is 12.4 Å². The van der Waals surface area contributed by atoms with E-state index in [1.165, 1.54) is 13.1 Å². The minimum atomic E-state index is -5.29. The maximum Gasteiger partial charge on any atom is 0.497 e. The minimum absolute atomic E-state index is 0.0425. The Kier molecular flexibility index (Phi) is 6.73. The summed E-state index contributed by atoms with van der Waals surface area (Å²) in [4.78, 5) is 53.4. The zero-order chi connectivity index (χ0) is 29.9. The van der Waals surface area contributed by atoms with Crippen molar-refractivity contribution in [3.8, 4) is 6.07 Å². The van der Waals surface area contributed by atoms with Crippen molar-refractivity contribution in [2.24, 2.45) is 5.41 Å². The Morgan fingerprint density at radius 3 is 2.39 bits per heavy atom. The zero-order valence-electron chi connectivity index (χ0n) is 23.1. The summed E-state index contributed by atoms with van der Waals surface area (Å²) >= 11 is 0. The van der Waals surface area contributed by atoms with Gasteiger partial charge in [0.25, 0.3) is 5.91 Å². The normalized spacial score (nSPS) is 23.9. The number of urea groups is 1. The van der Waals surface area contributed by atoms with Gasteiger partial charge in [0, 0.05) is 43.7 Å². The van der Waals surface area contributed by atoms with Gasteiger partial charge in [-0.25, -0.2) is 19.5 Å². The number of hydrogen-bond donors (Lipinski definition) is 0. The molecular formula is C28H30F3N6O4+. The lowest BCUT2D eigenvalue weighted by atomic mass is 9.89. The van der Waals surface area contributed by atoms with Gasteiger partial charge in [-0.15, -0.1) is 0 Å². The highest BCUT2D eigenvalue weighted by Crippen LogP contribution is 2.46. The third kappa shape index (κ3) is 4.86. The fourth-order valence-corrected chi connectivity index (χ4v) is 5.97. The zero-order valence-corrected chi connectivity index (χ0v) is 23.1. The van der Waals surface area contributed by atoms with Crippen LogP contribution in [0.3, 0.4) is 0 Å². The third-order valence-corrected chi connectivity index (χ3v) is 7.67. The first-order valence-corrected chi connectivity index (χ1v) is 13.2. The lowest BCUT2D eigenvalue weighted by Crippen LogP contribution is -2.64. The molecule has 41 heavy (non-hydrogen) atoms. The van der Waals surface area contributed by atoms with Crippen LogP contribution in [0.2, 0.25) is 0 Å². The fourth-order valence-electron chi connectivity index (χ4n) is 5.97. The van der Waals surface area contributed by atoms with Crippen molar-refractivity contribution in [1.29, 1.82) is 5.26 Å². The average Bonchev–Trinajstić information content (AvgIpc) is 3.12. The highest BCUT2D eigenvalue weighted by molar-refractivity contribution is 6.08. The number of alkyl halides is 3. The number of piperidine rings is 2. The molecule has 10 nitrogen and oxygen atoms in total. The second-order valence-electron chi connectivity index (χ2n) is 11.8. The molecule has 1 aromatic heterocycles. The summed E-state index contributed by atoms with van der Waals surface area (Å²) in [6, 6.07) is 10.8. The molecule has 13 heteroatoms. The van der Waals surface area contributed by atoms with Crippen molar-refractivity contribution in [2.45, 2.75) is 51.9 Å². The van der Waals surface area contributed by atoms with Crippen LogP contribution in [0.25, 0.3) is 0 Å². The van der Waals surface area contributed by atoms with E-state index in [1.54, 1.807) is 56.0 Å². The van der Waals surface area contributed by atoms with Crippen molar-refractivity contribution in [2.75, 3.05) is 36.5 Å². The molecule has 3 saturated heterocycles. The van der Waals surface area contributed by atoms with E-state index in [1.807, 2.05) is 4.90 Å². The molecule has 3 unspecified atom stereocenters. The number of nitrogens with zero attached hydrogens (tertiary/aromatic N) is 6. The summed E-state index contributed by atoms with van der Waals surface area (Å²) in [6.07, 6.45) is -3.73. The van der Waals surface area contributed by atoms with E-state index in [-0.39, 0.29) is 36.0 Å². The van der Waals surface area contributed by atoms with Crippen molar-refractivity contribution in [3.63, 3.8) is 0 Å². The number of fused-ring (bicyclic) bond motifs is 4. The number of nitriles is 1. The molecule has 2 bridgehead atoms.